The zero-order valence-electron chi connectivity index (χ0n) is 9.97. The molecular formula is C13H9ClF3NOS. The zero-order chi connectivity index (χ0) is 14.8. The first-order valence-corrected chi connectivity index (χ1v) is 7.36. The maximum absolute atomic E-state index is 13.2. The van der Waals surface area contributed by atoms with E-state index in [0.29, 0.717) is 0 Å². The van der Waals surface area contributed by atoms with E-state index >= 15 is 0 Å². The number of alkyl halides is 3. The van der Waals surface area contributed by atoms with Crippen LogP contribution < -0.4 is 0 Å². The SMILES string of the molecule is O=S(=Nc1ccccc1)(c1ccc(Cl)cc1)C(F)(F)F. The topological polar surface area (TPSA) is 29.4 Å². The fourth-order valence-electron chi connectivity index (χ4n) is 1.49. The van der Waals surface area contributed by atoms with Crippen molar-refractivity contribution < 1.29 is 17.4 Å². The van der Waals surface area contributed by atoms with E-state index in [9.17, 15) is 17.4 Å². The molecule has 20 heavy (non-hydrogen) atoms. The molecule has 0 aliphatic heterocycles. The highest BCUT2D eigenvalue weighted by Gasteiger charge is 2.44. The van der Waals surface area contributed by atoms with Crippen molar-refractivity contribution in [2.24, 2.45) is 4.36 Å². The minimum Gasteiger partial charge on any atom is -0.235 e. The van der Waals surface area contributed by atoms with E-state index < -0.39 is 20.1 Å². The summed E-state index contributed by atoms with van der Waals surface area (Å²) >= 11 is 5.63. The predicted molar refractivity (Wildman–Crippen MR) is 72.4 cm³/mol. The van der Waals surface area contributed by atoms with Crippen molar-refractivity contribution in [3.05, 3.63) is 59.6 Å². The van der Waals surface area contributed by atoms with E-state index in [1.54, 1.807) is 6.07 Å². The van der Waals surface area contributed by atoms with Gasteiger partial charge in [-0.25, -0.2) is 4.21 Å². The van der Waals surface area contributed by atoms with E-state index in [1.165, 1.54) is 36.4 Å². The van der Waals surface area contributed by atoms with Gasteiger partial charge in [0.15, 0.2) is 9.73 Å². The van der Waals surface area contributed by atoms with Crippen LogP contribution in [0.3, 0.4) is 0 Å². The van der Waals surface area contributed by atoms with Gasteiger partial charge in [-0.1, -0.05) is 29.8 Å². The molecule has 0 fully saturated rings. The van der Waals surface area contributed by atoms with Gasteiger partial charge in [-0.05, 0) is 36.4 Å². The van der Waals surface area contributed by atoms with Crippen molar-refractivity contribution in [3.8, 4) is 0 Å². The fraction of sp³-hybridized carbons (Fsp3) is 0.0769. The molecule has 2 nitrogen and oxygen atoms in total. The Bertz CT molecular complexity index is 705. The van der Waals surface area contributed by atoms with E-state index in [4.69, 9.17) is 11.6 Å². The van der Waals surface area contributed by atoms with Gasteiger partial charge >= 0.3 is 5.51 Å². The second kappa shape index (κ2) is 5.46. The monoisotopic (exact) mass is 319 g/mol. The fourth-order valence-corrected chi connectivity index (χ4v) is 3.02. The minimum atomic E-state index is -4.98. The van der Waals surface area contributed by atoms with Crippen molar-refractivity contribution in [2.45, 2.75) is 10.4 Å². The second-order valence-corrected chi connectivity index (χ2v) is 6.46. The average Bonchev–Trinajstić information content (AvgIpc) is 2.39. The molecule has 0 saturated heterocycles. The van der Waals surface area contributed by atoms with Crippen molar-refractivity contribution >= 4 is 27.0 Å². The third-order valence-electron chi connectivity index (χ3n) is 2.44. The van der Waals surface area contributed by atoms with Gasteiger partial charge in [0.25, 0.3) is 0 Å². The second-order valence-electron chi connectivity index (χ2n) is 3.85. The summed E-state index contributed by atoms with van der Waals surface area (Å²) in [6.45, 7) is 0. The van der Waals surface area contributed by atoms with Crippen LogP contribution in [0.2, 0.25) is 5.02 Å². The molecule has 7 heteroatoms. The molecule has 1 unspecified atom stereocenters. The highest BCUT2D eigenvalue weighted by atomic mass is 35.5. The lowest BCUT2D eigenvalue weighted by Crippen LogP contribution is -2.22. The standard InChI is InChI=1S/C13H9ClF3NOS/c14-10-6-8-12(9-7-10)20(19,13(15,16)17)18-11-4-2-1-3-5-11/h1-9H. The van der Waals surface area contributed by atoms with Gasteiger partial charge in [0.2, 0.25) is 0 Å². The number of nitrogens with zero attached hydrogens (tertiary/aromatic N) is 1. The predicted octanol–water partition coefficient (Wildman–Crippen LogP) is 5.02. The quantitative estimate of drug-likeness (QED) is 0.764. The van der Waals surface area contributed by atoms with Crippen molar-refractivity contribution in [1.29, 1.82) is 0 Å². The molecule has 0 saturated carbocycles. The van der Waals surface area contributed by atoms with Crippen LogP contribution in [0, 0.1) is 0 Å². The number of hydrogen-bond donors (Lipinski definition) is 0. The van der Waals surface area contributed by atoms with E-state index in [0.717, 1.165) is 12.1 Å². The maximum atomic E-state index is 13.2. The summed E-state index contributed by atoms with van der Waals surface area (Å²) in [5, 5.41) is 0.261. The molecule has 2 rings (SSSR count). The van der Waals surface area contributed by atoms with Gasteiger partial charge in [-0.15, -0.1) is 0 Å². The summed E-state index contributed by atoms with van der Waals surface area (Å²) in [5.74, 6) is 0. The lowest BCUT2D eigenvalue weighted by Gasteiger charge is -2.13. The van der Waals surface area contributed by atoms with Gasteiger partial charge < -0.3 is 0 Å². The Balaban J connectivity index is 2.67. The largest absolute Gasteiger partial charge is 0.484 e. The number of hydrogen-bond acceptors (Lipinski definition) is 2. The molecule has 0 radical (unpaired) electrons. The highest BCUT2D eigenvalue weighted by Crippen LogP contribution is 2.35. The van der Waals surface area contributed by atoms with Crippen LogP contribution in [-0.4, -0.2) is 9.72 Å². The van der Waals surface area contributed by atoms with Crippen LogP contribution in [0.5, 0.6) is 0 Å². The summed E-state index contributed by atoms with van der Waals surface area (Å²) in [5.41, 5.74) is -4.97. The highest BCUT2D eigenvalue weighted by molar-refractivity contribution is 7.94. The Morgan fingerprint density at radius 2 is 1.50 bits per heavy atom. The number of halogens is 4. The van der Waals surface area contributed by atoms with E-state index in [-0.39, 0.29) is 10.7 Å². The molecule has 2 aromatic rings. The van der Waals surface area contributed by atoms with Crippen LogP contribution in [0.4, 0.5) is 18.9 Å². The molecular weight excluding hydrogens is 311 g/mol. The van der Waals surface area contributed by atoms with Gasteiger partial charge in [-0.2, -0.15) is 17.5 Å². The Morgan fingerprint density at radius 3 is 2.00 bits per heavy atom. The molecule has 2 aromatic carbocycles. The van der Waals surface area contributed by atoms with Crippen molar-refractivity contribution in [2.75, 3.05) is 0 Å². The molecule has 0 spiro atoms. The third-order valence-corrected chi connectivity index (χ3v) is 4.70. The summed E-state index contributed by atoms with van der Waals surface area (Å²) in [4.78, 5) is -0.418. The Morgan fingerprint density at radius 1 is 0.950 bits per heavy atom. The molecule has 0 aliphatic carbocycles. The molecule has 0 aliphatic rings. The van der Waals surface area contributed by atoms with Crippen LogP contribution in [-0.2, 0) is 9.73 Å². The van der Waals surface area contributed by atoms with Gasteiger partial charge in [-0.3, -0.25) is 0 Å². The van der Waals surface area contributed by atoms with Gasteiger partial charge in [0.05, 0.1) is 10.6 Å². The molecule has 0 bridgehead atoms. The van der Waals surface area contributed by atoms with Crippen molar-refractivity contribution in [1.82, 2.24) is 0 Å². The summed E-state index contributed by atoms with van der Waals surface area (Å²) in [6.07, 6.45) is 0. The van der Waals surface area contributed by atoms with Crippen LogP contribution in [0.1, 0.15) is 0 Å². The van der Waals surface area contributed by atoms with Gasteiger partial charge in [0, 0.05) is 5.02 Å². The average molecular weight is 320 g/mol. The smallest absolute Gasteiger partial charge is 0.235 e. The third kappa shape index (κ3) is 2.96. The first kappa shape index (κ1) is 14.9. The van der Waals surface area contributed by atoms with Crippen molar-refractivity contribution in [3.63, 3.8) is 0 Å². The molecule has 106 valence electrons. The molecule has 0 amide bonds. The number of benzene rings is 2. The molecule has 0 N–H and O–H groups in total. The Kier molecular flexibility index (Phi) is 4.06. The summed E-state index contributed by atoms with van der Waals surface area (Å²) in [7, 11) is -4.59. The Labute approximate surface area is 119 Å². The van der Waals surface area contributed by atoms with Crippen LogP contribution >= 0.6 is 11.6 Å². The molecule has 1 atom stereocenters. The summed E-state index contributed by atoms with van der Waals surface area (Å²) < 4.78 is 55.3. The Hall–Kier alpha value is -1.53. The lowest BCUT2D eigenvalue weighted by atomic mass is 10.3. The summed E-state index contributed by atoms with van der Waals surface area (Å²) in [6, 6.07) is 12.1. The van der Waals surface area contributed by atoms with E-state index in [2.05, 4.69) is 4.36 Å². The zero-order valence-corrected chi connectivity index (χ0v) is 11.5. The van der Waals surface area contributed by atoms with Crippen LogP contribution in [0.15, 0.2) is 63.9 Å². The minimum absolute atomic E-state index is 0.00442. The maximum Gasteiger partial charge on any atom is 0.484 e. The molecule has 0 heterocycles. The lowest BCUT2D eigenvalue weighted by molar-refractivity contribution is -0.0402. The van der Waals surface area contributed by atoms with Crippen LogP contribution in [0.25, 0.3) is 0 Å². The van der Waals surface area contributed by atoms with E-state index in [1.807, 2.05) is 0 Å². The molecule has 0 aromatic heterocycles. The first-order chi connectivity index (χ1) is 9.33. The van der Waals surface area contributed by atoms with Gasteiger partial charge in [0.1, 0.15) is 0 Å². The number of rotatable bonds is 2. The normalized spacial score (nSPS) is 14.6. The first-order valence-electron chi connectivity index (χ1n) is 5.47.